The smallest absolute Gasteiger partial charge is 0.404 e. The minimum Gasteiger partial charge on any atom is -0.404 e. The number of nitrogens with two attached hydrogens (primary N) is 1. The standard InChI is InChI=1S/C24H25F4N3O3.ClH/c25-20-5-4-15(13-29)12-18(20)16-6-8-30(9-7-16)23(33)19-14-31(10-11-32)22-17(19)2-1-3-21(22)34-24(26,27)28;/h1-5,12,14,16,32H,6-11,13,29H2;1H. The molecule has 11 heteroatoms. The molecule has 3 N–H and O–H groups in total. The highest BCUT2D eigenvalue weighted by Gasteiger charge is 2.33. The van der Waals surface area contributed by atoms with Crippen molar-refractivity contribution in [3.05, 3.63) is 65.1 Å². The molecular weight excluding hydrogens is 490 g/mol. The van der Waals surface area contributed by atoms with Gasteiger partial charge in [0.2, 0.25) is 0 Å². The van der Waals surface area contributed by atoms with Crippen molar-refractivity contribution < 1.29 is 32.2 Å². The monoisotopic (exact) mass is 515 g/mol. The Balaban J connectivity index is 0.00000342. The molecule has 1 aliphatic heterocycles. The first-order chi connectivity index (χ1) is 16.2. The number of fused-ring (bicyclic) bond motifs is 1. The molecule has 1 aliphatic rings. The predicted octanol–water partition coefficient (Wildman–Crippen LogP) is 4.57. The summed E-state index contributed by atoms with van der Waals surface area (Å²) in [6.45, 7) is 0.738. The van der Waals surface area contributed by atoms with Gasteiger partial charge in [0, 0.05) is 37.8 Å². The van der Waals surface area contributed by atoms with E-state index in [1.54, 1.807) is 23.1 Å². The van der Waals surface area contributed by atoms with Crippen molar-refractivity contribution in [2.45, 2.75) is 38.2 Å². The number of halogens is 5. The average Bonchev–Trinajstić information content (AvgIpc) is 3.18. The molecule has 6 nitrogen and oxygen atoms in total. The van der Waals surface area contributed by atoms with Crippen LogP contribution in [0.1, 0.15) is 40.2 Å². The van der Waals surface area contributed by atoms with Gasteiger partial charge in [-0.1, -0.05) is 24.3 Å². The number of para-hydroxylation sites is 1. The van der Waals surface area contributed by atoms with Crippen molar-refractivity contribution in [3.8, 4) is 5.75 Å². The highest BCUT2D eigenvalue weighted by Crippen LogP contribution is 2.35. The van der Waals surface area contributed by atoms with Crippen LogP contribution in [0.2, 0.25) is 0 Å². The summed E-state index contributed by atoms with van der Waals surface area (Å²) in [5.74, 6) is -1.13. The molecule has 4 rings (SSSR count). The molecule has 1 saturated heterocycles. The van der Waals surface area contributed by atoms with E-state index in [0.717, 1.165) is 5.56 Å². The summed E-state index contributed by atoms with van der Waals surface area (Å²) >= 11 is 0. The first kappa shape index (κ1) is 26.8. The van der Waals surface area contributed by atoms with Crippen LogP contribution in [0.5, 0.6) is 5.75 Å². The van der Waals surface area contributed by atoms with Crippen LogP contribution in [0.25, 0.3) is 10.9 Å². The molecule has 0 bridgehead atoms. The van der Waals surface area contributed by atoms with Crippen LogP contribution < -0.4 is 10.5 Å². The maximum Gasteiger partial charge on any atom is 0.573 e. The molecule has 0 aliphatic carbocycles. The van der Waals surface area contributed by atoms with Crippen LogP contribution in [0, 0.1) is 5.82 Å². The number of hydrogen-bond acceptors (Lipinski definition) is 4. The lowest BCUT2D eigenvalue weighted by atomic mass is 9.88. The Morgan fingerprint density at radius 3 is 2.51 bits per heavy atom. The second-order valence-corrected chi connectivity index (χ2v) is 8.29. The first-order valence-corrected chi connectivity index (χ1v) is 11.0. The third kappa shape index (κ3) is 5.71. The SMILES string of the molecule is Cl.NCc1ccc(F)c(C2CCN(C(=O)c3cn(CCO)c4c(OC(F)(F)F)cccc34)CC2)c1. The molecule has 0 saturated carbocycles. The number of piperidine rings is 1. The van der Waals surface area contributed by atoms with Crippen molar-refractivity contribution >= 4 is 29.2 Å². The minimum absolute atomic E-state index is 0. The van der Waals surface area contributed by atoms with Gasteiger partial charge >= 0.3 is 6.36 Å². The van der Waals surface area contributed by atoms with Gasteiger partial charge in [0.25, 0.3) is 5.91 Å². The summed E-state index contributed by atoms with van der Waals surface area (Å²) in [4.78, 5) is 15.0. The second-order valence-electron chi connectivity index (χ2n) is 8.29. The van der Waals surface area contributed by atoms with Crippen molar-refractivity contribution in [1.29, 1.82) is 0 Å². The molecule has 190 valence electrons. The molecule has 2 aromatic carbocycles. The Morgan fingerprint density at radius 1 is 1.17 bits per heavy atom. The third-order valence-corrected chi connectivity index (χ3v) is 6.18. The third-order valence-electron chi connectivity index (χ3n) is 6.18. The maximum atomic E-state index is 14.4. The number of alkyl halides is 3. The number of likely N-dealkylation sites (tertiary alicyclic amines) is 1. The summed E-state index contributed by atoms with van der Waals surface area (Å²) in [5, 5.41) is 9.69. The zero-order valence-electron chi connectivity index (χ0n) is 18.7. The number of nitrogens with zero attached hydrogens (tertiary/aromatic N) is 2. The van der Waals surface area contributed by atoms with Crippen LogP contribution in [0.3, 0.4) is 0 Å². The van der Waals surface area contributed by atoms with Gasteiger partial charge in [-0.15, -0.1) is 25.6 Å². The van der Waals surface area contributed by atoms with Crippen molar-refractivity contribution in [3.63, 3.8) is 0 Å². The molecule has 2 heterocycles. The number of benzene rings is 2. The lowest BCUT2D eigenvalue weighted by molar-refractivity contribution is -0.274. The number of ether oxygens (including phenoxy) is 1. The summed E-state index contributed by atoms with van der Waals surface area (Å²) in [6, 6.07) is 8.95. The van der Waals surface area contributed by atoms with E-state index in [-0.39, 0.29) is 54.3 Å². The molecular formula is C24H26ClF4N3O3. The zero-order valence-corrected chi connectivity index (χ0v) is 19.5. The van der Waals surface area contributed by atoms with E-state index in [1.165, 1.54) is 29.0 Å². The molecule has 0 atom stereocenters. The Labute approximate surface area is 205 Å². The van der Waals surface area contributed by atoms with Gasteiger partial charge in [-0.2, -0.15) is 0 Å². The van der Waals surface area contributed by atoms with Crippen LogP contribution in [-0.4, -0.2) is 46.5 Å². The fourth-order valence-corrected chi connectivity index (χ4v) is 4.58. The second kappa shape index (κ2) is 10.8. The molecule has 1 aromatic heterocycles. The number of hydrogen-bond donors (Lipinski definition) is 2. The predicted molar refractivity (Wildman–Crippen MR) is 125 cm³/mol. The molecule has 1 amide bonds. The number of aromatic nitrogens is 1. The van der Waals surface area contributed by atoms with E-state index in [1.807, 2.05) is 0 Å². The van der Waals surface area contributed by atoms with Crippen LogP contribution in [-0.2, 0) is 13.1 Å². The van der Waals surface area contributed by atoms with Gasteiger partial charge in [-0.3, -0.25) is 4.79 Å². The van der Waals surface area contributed by atoms with Gasteiger partial charge in [0.1, 0.15) is 5.82 Å². The van der Waals surface area contributed by atoms with E-state index in [4.69, 9.17) is 5.73 Å². The number of rotatable bonds is 6. The van der Waals surface area contributed by atoms with E-state index >= 15 is 0 Å². The number of amides is 1. The summed E-state index contributed by atoms with van der Waals surface area (Å²) < 4.78 is 58.7. The fourth-order valence-electron chi connectivity index (χ4n) is 4.58. The van der Waals surface area contributed by atoms with E-state index in [9.17, 15) is 27.5 Å². The molecule has 3 aromatic rings. The lowest BCUT2D eigenvalue weighted by Crippen LogP contribution is -2.38. The molecule has 0 spiro atoms. The normalized spacial score (nSPS) is 14.7. The lowest BCUT2D eigenvalue weighted by Gasteiger charge is -2.32. The zero-order chi connectivity index (χ0) is 24.5. The van der Waals surface area contributed by atoms with Gasteiger partial charge in [-0.25, -0.2) is 4.39 Å². The Hall–Kier alpha value is -2.82. The average molecular weight is 516 g/mol. The van der Waals surface area contributed by atoms with Gasteiger partial charge in [-0.05, 0) is 42.0 Å². The van der Waals surface area contributed by atoms with Gasteiger partial charge in [0.05, 0.1) is 17.7 Å². The highest BCUT2D eigenvalue weighted by atomic mass is 35.5. The topological polar surface area (TPSA) is 80.7 Å². The minimum atomic E-state index is -4.90. The van der Waals surface area contributed by atoms with Crippen molar-refractivity contribution in [2.24, 2.45) is 5.73 Å². The molecule has 0 radical (unpaired) electrons. The Bertz CT molecular complexity index is 1190. The van der Waals surface area contributed by atoms with E-state index in [0.29, 0.717) is 43.4 Å². The molecule has 0 unspecified atom stereocenters. The summed E-state index contributed by atoms with van der Waals surface area (Å²) in [7, 11) is 0. The molecule has 35 heavy (non-hydrogen) atoms. The van der Waals surface area contributed by atoms with Gasteiger partial charge in [0.15, 0.2) is 5.75 Å². The van der Waals surface area contributed by atoms with Gasteiger partial charge < -0.3 is 25.0 Å². The van der Waals surface area contributed by atoms with E-state index < -0.39 is 12.1 Å². The van der Waals surface area contributed by atoms with Crippen LogP contribution in [0.4, 0.5) is 17.6 Å². The quantitative estimate of drug-likeness (QED) is 0.471. The van der Waals surface area contributed by atoms with Crippen LogP contribution in [0.15, 0.2) is 42.6 Å². The summed E-state index contributed by atoms with van der Waals surface area (Å²) in [6.07, 6.45) is -2.35. The fraction of sp³-hybridized carbons (Fsp3) is 0.375. The number of aliphatic hydroxyl groups excluding tert-OH is 1. The maximum absolute atomic E-state index is 14.4. The largest absolute Gasteiger partial charge is 0.573 e. The van der Waals surface area contributed by atoms with Crippen molar-refractivity contribution in [2.75, 3.05) is 19.7 Å². The molecule has 1 fully saturated rings. The highest BCUT2D eigenvalue weighted by molar-refractivity contribution is 6.08. The Kier molecular flexibility index (Phi) is 8.30. The number of aliphatic hydroxyl groups is 1. The Morgan fingerprint density at radius 2 is 1.89 bits per heavy atom. The first-order valence-electron chi connectivity index (χ1n) is 11.0. The number of carbonyl (C=O) groups excluding carboxylic acids is 1. The van der Waals surface area contributed by atoms with Crippen molar-refractivity contribution in [1.82, 2.24) is 9.47 Å². The summed E-state index contributed by atoms with van der Waals surface area (Å²) in [5.41, 5.74) is 7.41. The van der Waals surface area contributed by atoms with E-state index in [2.05, 4.69) is 4.74 Å². The van der Waals surface area contributed by atoms with Crippen LogP contribution >= 0.6 is 12.4 Å². The number of carbonyl (C=O) groups is 1.